The zero-order valence-electron chi connectivity index (χ0n) is 13.2. The highest BCUT2D eigenvalue weighted by molar-refractivity contribution is 7.18. The van der Waals surface area contributed by atoms with Gasteiger partial charge in [-0.3, -0.25) is 0 Å². The molecule has 0 aliphatic heterocycles. The van der Waals surface area contributed by atoms with Crippen LogP contribution in [0.25, 0.3) is 10.2 Å². The third-order valence-electron chi connectivity index (χ3n) is 3.58. The normalized spacial score (nSPS) is 10.7. The fourth-order valence-corrected chi connectivity index (χ4v) is 3.42. The highest BCUT2D eigenvalue weighted by Gasteiger charge is 2.11. The van der Waals surface area contributed by atoms with E-state index >= 15 is 0 Å². The van der Waals surface area contributed by atoms with Crippen LogP contribution in [0.5, 0.6) is 0 Å². The molecular formula is C18H19N3OS. The number of amides is 2. The minimum atomic E-state index is -0.0919. The van der Waals surface area contributed by atoms with Gasteiger partial charge >= 0.3 is 6.03 Å². The molecule has 0 aliphatic carbocycles. The Hall–Kier alpha value is -2.40. The van der Waals surface area contributed by atoms with Crippen LogP contribution in [0.4, 0.5) is 4.79 Å². The Morgan fingerprint density at radius 3 is 2.83 bits per heavy atom. The summed E-state index contributed by atoms with van der Waals surface area (Å²) in [4.78, 5) is 18.4. The second kappa shape index (κ2) is 6.79. The first-order valence-corrected chi connectivity index (χ1v) is 8.32. The maximum absolute atomic E-state index is 12.2. The van der Waals surface area contributed by atoms with Gasteiger partial charge in [-0.05, 0) is 24.6 Å². The fraction of sp³-hybridized carbons (Fsp3) is 0.222. The third-order valence-corrected chi connectivity index (χ3v) is 4.60. The molecule has 0 radical (unpaired) electrons. The van der Waals surface area contributed by atoms with Crippen molar-refractivity contribution in [3.05, 3.63) is 64.7 Å². The Morgan fingerprint density at radius 1 is 1.22 bits per heavy atom. The van der Waals surface area contributed by atoms with Crippen molar-refractivity contribution in [2.45, 2.75) is 20.0 Å². The van der Waals surface area contributed by atoms with E-state index in [0.29, 0.717) is 13.1 Å². The van der Waals surface area contributed by atoms with Crippen molar-refractivity contribution >= 4 is 27.6 Å². The van der Waals surface area contributed by atoms with Gasteiger partial charge in [-0.2, -0.15) is 0 Å². The number of fused-ring (bicyclic) bond motifs is 1. The molecule has 0 fully saturated rings. The average Bonchev–Trinajstić information content (AvgIpc) is 2.94. The number of hydrogen-bond acceptors (Lipinski definition) is 3. The second-order valence-electron chi connectivity index (χ2n) is 5.58. The molecule has 1 aromatic heterocycles. The summed E-state index contributed by atoms with van der Waals surface area (Å²) in [6.07, 6.45) is 0. The molecule has 5 heteroatoms. The maximum Gasteiger partial charge on any atom is 0.317 e. The number of thiazole rings is 1. The Kier molecular flexibility index (Phi) is 4.57. The monoisotopic (exact) mass is 325 g/mol. The molecule has 0 aliphatic rings. The van der Waals surface area contributed by atoms with Crippen molar-refractivity contribution in [1.29, 1.82) is 0 Å². The van der Waals surface area contributed by atoms with Gasteiger partial charge in [0.1, 0.15) is 5.01 Å². The van der Waals surface area contributed by atoms with Gasteiger partial charge in [0.05, 0.1) is 16.8 Å². The van der Waals surface area contributed by atoms with E-state index in [-0.39, 0.29) is 6.03 Å². The molecule has 0 bridgehead atoms. The molecule has 2 amide bonds. The van der Waals surface area contributed by atoms with Crippen LogP contribution in [0.15, 0.2) is 48.5 Å². The number of para-hydroxylation sites is 1. The molecule has 0 spiro atoms. The Morgan fingerprint density at radius 2 is 2.04 bits per heavy atom. The standard InChI is InChI=1S/C18H19N3OS/c1-13-6-5-7-14(10-13)11-19-18(22)21(2)12-17-20-15-8-3-4-9-16(15)23-17/h3-10H,11-12H2,1-2H3,(H,19,22). The zero-order valence-corrected chi connectivity index (χ0v) is 14.1. The molecule has 118 valence electrons. The summed E-state index contributed by atoms with van der Waals surface area (Å²) in [5.41, 5.74) is 3.28. The lowest BCUT2D eigenvalue weighted by Gasteiger charge is -2.16. The summed E-state index contributed by atoms with van der Waals surface area (Å²) in [5.74, 6) is 0. The zero-order chi connectivity index (χ0) is 16.2. The van der Waals surface area contributed by atoms with Gasteiger partial charge in [0.25, 0.3) is 0 Å². The number of nitrogens with one attached hydrogen (secondary N) is 1. The molecule has 23 heavy (non-hydrogen) atoms. The van der Waals surface area contributed by atoms with E-state index < -0.39 is 0 Å². The molecule has 1 heterocycles. The van der Waals surface area contributed by atoms with Gasteiger partial charge in [-0.25, -0.2) is 9.78 Å². The van der Waals surface area contributed by atoms with Crippen LogP contribution in [0.3, 0.4) is 0 Å². The van der Waals surface area contributed by atoms with Crippen molar-refractivity contribution in [3.8, 4) is 0 Å². The summed E-state index contributed by atoms with van der Waals surface area (Å²) in [6.45, 7) is 3.09. The molecule has 4 nitrogen and oxygen atoms in total. The molecule has 3 rings (SSSR count). The molecule has 3 aromatic rings. The SMILES string of the molecule is Cc1cccc(CNC(=O)N(C)Cc2nc3ccccc3s2)c1. The van der Waals surface area contributed by atoms with Crippen LogP contribution in [-0.4, -0.2) is 23.0 Å². The van der Waals surface area contributed by atoms with Gasteiger partial charge in [0.2, 0.25) is 0 Å². The number of aryl methyl sites for hydroxylation is 1. The molecule has 2 aromatic carbocycles. The number of nitrogens with zero attached hydrogens (tertiary/aromatic N) is 2. The van der Waals surface area contributed by atoms with Gasteiger partial charge in [0, 0.05) is 13.6 Å². The summed E-state index contributed by atoms with van der Waals surface area (Å²) >= 11 is 1.63. The lowest BCUT2D eigenvalue weighted by molar-refractivity contribution is 0.206. The number of aromatic nitrogens is 1. The number of benzene rings is 2. The Bertz CT molecular complexity index is 795. The summed E-state index contributed by atoms with van der Waals surface area (Å²) in [5, 5.41) is 3.89. The van der Waals surface area contributed by atoms with Gasteiger partial charge in [-0.15, -0.1) is 11.3 Å². The highest BCUT2D eigenvalue weighted by Crippen LogP contribution is 2.22. The summed E-state index contributed by atoms with van der Waals surface area (Å²) in [6, 6.07) is 16.1. The molecule has 1 N–H and O–H groups in total. The van der Waals surface area contributed by atoms with Gasteiger partial charge in [0.15, 0.2) is 0 Å². The summed E-state index contributed by atoms with van der Waals surface area (Å²) in [7, 11) is 1.79. The third kappa shape index (κ3) is 3.87. The molecule has 0 atom stereocenters. The molecular weight excluding hydrogens is 306 g/mol. The largest absolute Gasteiger partial charge is 0.334 e. The predicted molar refractivity (Wildman–Crippen MR) is 94.5 cm³/mol. The van der Waals surface area contributed by atoms with E-state index in [0.717, 1.165) is 20.8 Å². The van der Waals surface area contributed by atoms with E-state index in [1.165, 1.54) is 5.56 Å². The van der Waals surface area contributed by atoms with Crippen molar-refractivity contribution < 1.29 is 4.79 Å². The van der Waals surface area contributed by atoms with E-state index in [2.05, 4.69) is 16.4 Å². The van der Waals surface area contributed by atoms with Crippen LogP contribution in [-0.2, 0) is 13.1 Å². The van der Waals surface area contributed by atoms with Crippen LogP contribution in [0.2, 0.25) is 0 Å². The van der Waals surface area contributed by atoms with E-state index in [4.69, 9.17) is 0 Å². The fourth-order valence-electron chi connectivity index (χ4n) is 2.40. The van der Waals surface area contributed by atoms with Crippen molar-refractivity contribution in [2.75, 3.05) is 7.05 Å². The maximum atomic E-state index is 12.2. The lowest BCUT2D eigenvalue weighted by Crippen LogP contribution is -2.36. The number of rotatable bonds is 4. The first-order chi connectivity index (χ1) is 11.1. The summed E-state index contributed by atoms with van der Waals surface area (Å²) < 4.78 is 1.15. The Labute approximate surface area is 139 Å². The minimum Gasteiger partial charge on any atom is -0.334 e. The smallest absolute Gasteiger partial charge is 0.317 e. The first kappa shape index (κ1) is 15.5. The quantitative estimate of drug-likeness (QED) is 0.789. The molecule has 0 saturated carbocycles. The number of carbonyl (C=O) groups excluding carboxylic acids is 1. The highest BCUT2D eigenvalue weighted by atomic mass is 32.1. The van der Waals surface area contributed by atoms with Crippen molar-refractivity contribution in [1.82, 2.24) is 15.2 Å². The van der Waals surface area contributed by atoms with Crippen molar-refractivity contribution in [3.63, 3.8) is 0 Å². The van der Waals surface area contributed by atoms with Crippen LogP contribution >= 0.6 is 11.3 Å². The van der Waals surface area contributed by atoms with E-state index in [1.54, 1.807) is 23.3 Å². The first-order valence-electron chi connectivity index (χ1n) is 7.51. The van der Waals surface area contributed by atoms with Gasteiger partial charge < -0.3 is 10.2 Å². The van der Waals surface area contributed by atoms with Crippen LogP contribution in [0.1, 0.15) is 16.1 Å². The number of carbonyl (C=O) groups is 1. The predicted octanol–water partition coefficient (Wildman–Crippen LogP) is 3.95. The number of hydrogen-bond donors (Lipinski definition) is 1. The van der Waals surface area contributed by atoms with E-state index in [1.807, 2.05) is 49.4 Å². The van der Waals surface area contributed by atoms with Crippen LogP contribution in [0, 0.1) is 6.92 Å². The molecule has 0 saturated heterocycles. The van der Waals surface area contributed by atoms with Crippen LogP contribution < -0.4 is 5.32 Å². The van der Waals surface area contributed by atoms with Crippen molar-refractivity contribution in [2.24, 2.45) is 0 Å². The average molecular weight is 325 g/mol. The second-order valence-corrected chi connectivity index (χ2v) is 6.69. The molecule has 0 unspecified atom stereocenters. The van der Waals surface area contributed by atoms with Gasteiger partial charge in [-0.1, -0.05) is 42.0 Å². The van der Waals surface area contributed by atoms with E-state index in [9.17, 15) is 4.79 Å². The number of urea groups is 1. The topological polar surface area (TPSA) is 45.2 Å². The lowest BCUT2D eigenvalue weighted by atomic mass is 10.1. The Balaban J connectivity index is 1.58. The minimum absolute atomic E-state index is 0.0919.